The maximum absolute atomic E-state index is 12.6. The van der Waals surface area contributed by atoms with E-state index >= 15 is 0 Å². The van der Waals surface area contributed by atoms with Crippen LogP contribution in [0.4, 0.5) is 0 Å². The molecule has 6 heteroatoms. The number of hydrogen-bond donors (Lipinski definition) is 0. The lowest BCUT2D eigenvalue weighted by molar-refractivity contribution is -0.141. The molecule has 0 unspecified atom stereocenters. The highest BCUT2D eigenvalue weighted by Gasteiger charge is 2.44. The Morgan fingerprint density at radius 2 is 1.65 bits per heavy atom. The van der Waals surface area contributed by atoms with Gasteiger partial charge in [-0.25, -0.2) is 0 Å². The van der Waals surface area contributed by atoms with Crippen molar-refractivity contribution in [1.29, 1.82) is 0 Å². The smallest absolute Gasteiger partial charge is 0.279 e. The van der Waals surface area contributed by atoms with Crippen molar-refractivity contribution in [2.75, 3.05) is 26.3 Å². The predicted octanol–water partition coefficient (Wildman–Crippen LogP) is 1.47. The molecule has 0 aromatic heterocycles. The molecule has 3 rings (SSSR count). The van der Waals surface area contributed by atoms with Crippen molar-refractivity contribution in [3.05, 3.63) is 10.7 Å². The first kappa shape index (κ1) is 13.9. The quantitative estimate of drug-likeness (QED) is 0.725. The van der Waals surface area contributed by atoms with Gasteiger partial charge in [0.05, 0.1) is 13.2 Å². The molecule has 0 bridgehead atoms. The van der Waals surface area contributed by atoms with Crippen LogP contribution in [0.2, 0.25) is 0 Å². The van der Waals surface area contributed by atoms with Gasteiger partial charge in [-0.05, 0) is 12.8 Å². The number of halogens is 1. The maximum atomic E-state index is 12.6. The SMILES string of the molecule is O=C1C(Cl)=C(N2CCOCC2)C(=O)N1C1CCCCC1. The largest absolute Gasteiger partial charge is 0.378 e. The number of hydrogen-bond acceptors (Lipinski definition) is 4. The lowest BCUT2D eigenvalue weighted by Gasteiger charge is -2.32. The van der Waals surface area contributed by atoms with E-state index in [2.05, 4.69) is 0 Å². The minimum absolute atomic E-state index is 0.0241. The van der Waals surface area contributed by atoms with Gasteiger partial charge in [0.1, 0.15) is 10.7 Å². The van der Waals surface area contributed by atoms with E-state index in [-0.39, 0.29) is 22.9 Å². The van der Waals surface area contributed by atoms with Crippen LogP contribution in [0.5, 0.6) is 0 Å². The third-order valence-corrected chi connectivity index (χ3v) is 4.64. The second-order valence-corrected chi connectivity index (χ2v) is 5.91. The van der Waals surface area contributed by atoms with Gasteiger partial charge in [-0.15, -0.1) is 0 Å². The summed E-state index contributed by atoms with van der Waals surface area (Å²) in [5, 5.41) is 0.0856. The molecule has 1 saturated carbocycles. The fourth-order valence-electron chi connectivity index (χ4n) is 3.24. The monoisotopic (exact) mass is 298 g/mol. The Balaban J connectivity index is 1.80. The molecular formula is C14H19ClN2O3. The summed E-state index contributed by atoms with van der Waals surface area (Å²) in [4.78, 5) is 28.2. The zero-order chi connectivity index (χ0) is 14.1. The molecule has 0 N–H and O–H groups in total. The van der Waals surface area contributed by atoms with E-state index in [1.807, 2.05) is 4.90 Å². The first-order chi connectivity index (χ1) is 9.70. The van der Waals surface area contributed by atoms with Gasteiger partial charge in [0, 0.05) is 19.1 Å². The van der Waals surface area contributed by atoms with Gasteiger partial charge in [0.2, 0.25) is 0 Å². The highest BCUT2D eigenvalue weighted by atomic mass is 35.5. The highest BCUT2D eigenvalue weighted by Crippen LogP contribution is 2.33. The summed E-state index contributed by atoms with van der Waals surface area (Å²) < 4.78 is 5.28. The normalized spacial score (nSPS) is 25.9. The summed E-state index contributed by atoms with van der Waals surface area (Å²) in [6, 6.07) is 0.0241. The molecule has 110 valence electrons. The molecule has 0 atom stereocenters. The van der Waals surface area contributed by atoms with E-state index in [0.717, 1.165) is 25.7 Å². The molecule has 5 nitrogen and oxygen atoms in total. The van der Waals surface area contributed by atoms with Gasteiger partial charge < -0.3 is 9.64 Å². The fourth-order valence-corrected chi connectivity index (χ4v) is 3.53. The fraction of sp³-hybridized carbons (Fsp3) is 0.714. The van der Waals surface area contributed by atoms with Crippen LogP contribution >= 0.6 is 11.6 Å². The summed E-state index contributed by atoms with van der Waals surface area (Å²) in [7, 11) is 0. The van der Waals surface area contributed by atoms with Crippen LogP contribution in [0.25, 0.3) is 0 Å². The molecular weight excluding hydrogens is 280 g/mol. The second kappa shape index (κ2) is 5.74. The van der Waals surface area contributed by atoms with Crippen LogP contribution in [0.3, 0.4) is 0 Å². The summed E-state index contributed by atoms with van der Waals surface area (Å²) in [6.45, 7) is 2.36. The van der Waals surface area contributed by atoms with Crippen molar-refractivity contribution < 1.29 is 14.3 Å². The topological polar surface area (TPSA) is 49.9 Å². The number of imide groups is 1. The first-order valence-corrected chi connectivity index (χ1v) is 7.68. The summed E-state index contributed by atoms with van der Waals surface area (Å²) in [5.74, 6) is -0.529. The van der Waals surface area contributed by atoms with E-state index in [1.165, 1.54) is 11.3 Å². The molecule has 0 aromatic carbocycles. The lowest BCUT2D eigenvalue weighted by Crippen LogP contribution is -2.45. The number of nitrogens with zero attached hydrogens (tertiary/aromatic N) is 2. The number of carbonyl (C=O) groups excluding carboxylic acids is 2. The van der Waals surface area contributed by atoms with E-state index < -0.39 is 0 Å². The molecule has 0 radical (unpaired) electrons. The summed E-state index contributed by atoms with van der Waals surface area (Å²) >= 11 is 6.16. The van der Waals surface area contributed by atoms with Crippen LogP contribution in [-0.4, -0.2) is 54.0 Å². The van der Waals surface area contributed by atoms with Crippen molar-refractivity contribution >= 4 is 23.4 Å². The van der Waals surface area contributed by atoms with Crippen molar-refractivity contribution in [3.8, 4) is 0 Å². The van der Waals surface area contributed by atoms with Gasteiger partial charge >= 0.3 is 0 Å². The molecule has 3 aliphatic rings. The highest BCUT2D eigenvalue weighted by molar-refractivity contribution is 6.47. The van der Waals surface area contributed by atoms with Crippen LogP contribution in [-0.2, 0) is 14.3 Å². The minimum Gasteiger partial charge on any atom is -0.378 e. The molecule has 1 saturated heterocycles. The maximum Gasteiger partial charge on any atom is 0.279 e. The zero-order valence-corrected chi connectivity index (χ0v) is 12.2. The van der Waals surface area contributed by atoms with Crippen molar-refractivity contribution in [1.82, 2.24) is 9.80 Å². The van der Waals surface area contributed by atoms with Crippen LogP contribution in [0.1, 0.15) is 32.1 Å². The Bertz CT molecular complexity index is 451. The Labute approximate surface area is 123 Å². The Morgan fingerprint density at radius 3 is 2.30 bits per heavy atom. The van der Waals surface area contributed by atoms with Crippen LogP contribution in [0, 0.1) is 0 Å². The Morgan fingerprint density at radius 1 is 1.00 bits per heavy atom. The predicted molar refractivity (Wildman–Crippen MR) is 74.0 cm³/mol. The molecule has 2 amide bonds. The van der Waals surface area contributed by atoms with E-state index in [1.54, 1.807) is 0 Å². The van der Waals surface area contributed by atoms with Gasteiger partial charge in [0.15, 0.2) is 0 Å². The van der Waals surface area contributed by atoms with Crippen molar-refractivity contribution in [2.45, 2.75) is 38.1 Å². The third kappa shape index (κ3) is 2.33. The molecule has 20 heavy (non-hydrogen) atoms. The molecule has 2 aliphatic heterocycles. The third-order valence-electron chi connectivity index (χ3n) is 4.30. The van der Waals surface area contributed by atoms with Gasteiger partial charge in [-0.1, -0.05) is 30.9 Å². The second-order valence-electron chi connectivity index (χ2n) is 5.53. The Kier molecular flexibility index (Phi) is 3.98. The number of morpholine rings is 1. The average Bonchev–Trinajstić information content (AvgIpc) is 2.71. The summed E-state index contributed by atoms with van der Waals surface area (Å²) in [6.07, 6.45) is 5.14. The zero-order valence-electron chi connectivity index (χ0n) is 11.4. The van der Waals surface area contributed by atoms with Gasteiger partial charge in [-0.3, -0.25) is 14.5 Å². The van der Waals surface area contributed by atoms with Crippen molar-refractivity contribution in [3.63, 3.8) is 0 Å². The van der Waals surface area contributed by atoms with Gasteiger partial charge in [-0.2, -0.15) is 0 Å². The number of amides is 2. The van der Waals surface area contributed by atoms with E-state index in [0.29, 0.717) is 32.0 Å². The lowest BCUT2D eigenvalue weighted by atomic mass is 9.94. The molecule has 1 aliphatic carbocycles. The number of ether oxygens (including phenoxy) is 1. The Hall–Kier alpha value is -1.07. The molecule has 2 fully saturated rings. The van der Waals surface area contributed by atoms with Gasteiger partial charge in [0.25, 0.3) is 11.8 Å². The van der Waals surface area contributed by atoms with Crippen LogP contribution < -0.4 is 0 Å². The average molecular weight is 299 g/mol. The number of carbonyl (C=O) groups is 2. The standard InChI is InChI=1S/C14H19ClN2O3/c15-11-12(16-6-8-20-9-7-16)14(19)17(13(11)18)10-4-2-1-3-5-10/h10H,1-9H2. The van der Waals surface area contributed by atoms with Crippen LogP contribution in [0.15, 0.2) is 10.7 Å². The molecule has 0 spiro atoms. The van der Waals surface area contributed by atoms with E-state index in [4.69, 9.17) is 16.3 Å². The number of rotatable bonds is 2. The molecule has 0 aromatic rings. The first-order valence-electron chi connectivity index (χ1n) is 7.30. The minimum atomic E-state index is -0.315. The van der Waals surface area contributed by atoms with Crippen molar-refractivity contribution in [2.24, 2.45) is 0 Å². The molecule has 2 heterocycles. The van der Waals surface area contributed by atoms with E-state index in [9.17, 15) is 9.59 Å². The summed E-state index contributed by atoms with van der Waals surface area (Å²) in [5.41, 5.74) is 0.380.